The van der Waals surface area contributed by atoms with Crippen LogP contribution in [0.3, 0.4) is 0 Å². The molecule has 4 rings (SSSR count). The standard InChI is InChI=1S/C26H34FN3O/c1-19(2)14-20-4-6-21(7-5-20)16-29-17-22-8-9-24(27)15-23(22)18-30(26(29)31)25-10-12-28(3)13-11-25/h4-9,15,19,25H,10-14,16-18H2,1-3H3. The smallest absolute Gasteiger partial charge is 0.317 e. The van der Waals surface area contributed by atoms with Crippen LogP contribution >= 0.6 is 0 Å². The molecule has 2 aliphatic rings. The summed E-state index contributed by atoms with van der Waals surface area (Å²) in [5.41, 5.74) is 4.44. The van der Waals surface area contributed by atoms with Crippen LogP contribution in [0.5, 0.6) is 0 Å². The SMILES string of the molecule is CC(C)Cc1ccc(CN2Cc3ccc(F)cc3CN(C3CCN(C)CC3)C2=O)cc1. The molecule has 0 atom stereocenters. The van der Waals surface area contributed by atoms with Gasteiger partial charge < -0.3 is 14.7 Å². The monoisotopic (exact) mass is 423 g/mol. The molecule has 166 valence electrons. The summed E-state index contributed by atoms with van der Waals surface area (Å²) in [6.07, 6.45) is 2.99. The highest BCUT2D eigenvalue weighted by molar-refractivity contribution is 5.75. The average molecular weight is 424 g/mol. The normalized spacial score (nSPS) is 18.4. The van der Waals surface area contributed by atoms with Crippen molar-refractivity contribution in [3.63, 3.8) is 0 Å². The summed E-state index contributed by atoms with van der Waals surface area (Å²) in [6, 6.07) is 13.9. The number of fused-ring (bicyclic) bond motifs is 1. The molecule has 2 aliphatic heterocycles. The molecule has 0 bridgehead atoms. The Morgan fingerprint density at radius 1 is 0.968 bits per heavy atom. The molecule has 2 aromatic carbocycles. The number of carbonyl (C=O) groups excluding carboxylic acids is 1. The van der Waals surface area contributed by atoms with Gasteiger partial charge in [-0.2, -0.15) is 0 Å². The van der Waals surface area contributed by atoms with E-state index in [4.69, 9.17) is 0 Å². The van der Waals surface area contributed by atoms with Gasteiger partial charge in [0.1, 0.15) is 5.82 Å². The maximum atomic E-state index is 14.0. The Bertz CT molecular complexity index is 903. The highest BCUT2D eigenvalue weighted by atomic mass is 19.1. The van der Waals surface area contributed by atoms with Gasteiger partial charge in [-0.25, -0.2) is 9.18 Å². The van der Waals surface area contributed by atoms with Crippen molar-refractivity contribution in [2.24, 2.45) is 5.92 Å². The van der Waals surface area contributed by atoms with Gasteiger partial charge in [-0.3, -0.25) is 0 Å². The van der Waals surface area contributed by atoms with E-state index in [1.807, 2.05) is 15.9 Å². The number of urea groups is 1. The number of hydrogen-bond acceptors (Lipinski definition) is 2. The molecule has 2 heterocycles. The lowest BCUT2D eigenvalue weighted by atomic mass is 10.0. The molecule has 0 aromatic heterocycles. The van der Waals surface area contributed by atoms with E-state index in [-0.39, 0.29) is 17.9 Å². The van der Waals surface area contributed by atoms with Gasteiger partial charge in [0.15, 0.2) is 0 Å². The Hall–Kier alpha value is -2.40. The fraction of sp³-hybridized carbons (Fsp3) is 0.500. The number of carbonyl (C=O) groups is 1. The maximum absolute atomic E-state index is 14.0. The lowest BCUT2D eigenvalue weighted by molar-refractivity contribution is 0.101. The molecule has 4 nitrogen and oxygen atoms in total. The Balaban J connectivity index is 1.58. The predicted molar refractivity (Wildman–Crippen MR) is 122 cm³/mol. The molecule has 31 heavy (non-hydrogen) atoms. The van der Waals surface area contributed by atoms with Gasteiger partial charge in [-0.15, -0.1) is 0 Å². The third kappa shape index (κ3) is 5.27. The molecular weight excluding hydrogens is 389 g/mol. The van der Waals surface area contributed by atoms with Gasteiger partial charge in [0, 0.05) is 25.7 Å². The van der Waals surface area contributed by atoms with E-state index >= 15 is 0 Å². The molecule has 0 unspecified atom stereocenters. The Labute approximate surface area is 185 Å². The number of likely N-dealkylation sites (tertiary alicyclic amines) is 1. The van der Waals surface area contributed by atoms with Crippen LogP contribution < -0.4 is 0 Å². The first-order chi connectivity index (χ1) is 14.9. The third-order valence-electron chi connectivity index (χ3n) is 6.56. The average Bonchev–Trinajstić information content (AvgIpc) is 2.86. The first-order valence-corrected chi connectivity index (χ1v) is 11.5. The van der Waals surface area contributed by atoms with Gasteiger partial charge in [-0.1, -0.05) is 44.2 Å². The molecular formula is C26H34FN3O. The number of piperidine rings is 1. The minimum Gasteiger partial charge on any atom is -0.317 e. The van der Waals surface area contributed by atoms with Gasteiger partial charge >= 0.3 is 6.03 Å². The van der Waals surface area contributed by atoms with E-state index in [1.165, 1.54) is 11.6 Å². The molecule has 1 saturated heterocycles. The molecule has 2 amide bonds. The summed E-state index contributed by atoms with van der Waals surface area (Å²) in [6.45, 7) is 8.00. The van der Waals surface area contributed by atoms with Crippen LogP contribution in [0.15, 0.2) is 42.5 Å². The highest BCUT2D eigenvalue weighted by Gasteiger charge is 2.33. The molecule has 1 fully saturated rings. The predicted octanol–water partition coefficient (Wildman–Crippen LogP) is 5.06. The lowest BCUT2D eigenvalue weighted by Crippen LogP contribution is -2.49. The van der Waals surface area contributed by atoms with E-state index in [2.05, 4.69) is 50.1 Å². The van der Waals surface area contributed by atoms with Gasteiger partial charge in [0.25, 0.3) is 0 Å². The summed E-state index contributed by atoms with van der Waals surface area (Å²) < 4.78 is 14.0. The number of benzene rings is 2. The van der Waals surface area contributed by atoms with E-state index in [0.717, 1.165) is 49.0 Å². The van der Waals surface area contributed by atoms with Crippen molar-refractivity contribution in [1.29, 1.82) is 0 Å². The zero-order chi connectivity index (χ0) is 22.0. The largest absolute Gasteiger partial charge is 0.321 e. The van der Waals surface area contributed by atoms with E-state index in [1.54, 1.807) is 6.07 Å². The zero-order valence-electron chi connectivity index (χ0n) is 19.0. The van der Waals surface area contributed by atoms with Crippen molar-refractivity contribution >= 4 is 6.03 Å². The fourth-order valence-corrected chi connectivity index (χ4v) is 4.79. The lowest BCUT2D eigenvalue weighted by Gasteiger charge is -2.38. The van der Waals surface area contributed by atoms with Gasteiger partial charge in [0.2, 0.25) is 0 Å². The molecule has 5 heteroatoms. The number of rotatable bonds is 5. The van der Waals surface area contributed by atoms with E-state index in [9.17, 15) is 9.18 Å². The summed E-state index contributed by atoms with van der Waals surface area (Å²) in [4.78, 5) is 19.9. The van der Waals surface area contributed by atoms with Crippen LogP contribution in [0.25, 0.3) is 0 Å². The van der Waals surface area contributed by atoms with E-state index < -0.39 is 0 Å². The van der Waals surface area contributed by atoms with Crippen molar-refractivity contribution in [2.45, 2.75) is 58.8 Å². The Morgan fingerprint density at radius 3 is 2.32 bits per heavy atom. The van der Waals surface area contributed by atoms with Crippen LogP contribution in [0.1, 0.15) is 48.9 Å². The maximum Gasteiger partial charge on any atom is 0.321 e. The molecule has 0 aliphatic carbocycles. The van der Waals surface area contributed by atoms with Crippen molar-refractivity contribution < 1.29 is 9.18 Å². The second-order valence-corrected chi connectivity index (χ2v) is 9.63. The van der Waals surface area contributed by atoms with Gasteiger partial charge in [-0.05, 0) is 79.7 Å². The van der Waals surface area contributed by atoms with Crippen LogP contribution in [-0.4, -0.2) is 46.9 Å². The minimum atomic E-state index is -0.233. The minimum absolute atomic E-state index is 0.0671. The number of halogens is 1. The Morgan fingerprint density at radius 2 is 1.65 bits per heavy atom. The van der Waals surface area contributed by atoms with Crippen LogP contribution in [0.2, 0.25) is 0 Å². The zero-order valence-corrected chi connectivity index (χ0v) is 19.0. The molecule has 0 N–H and O–H groups in total. The molecule has 0 spiro atoms. The fourth-order valence-electron chi connectivity index (χ4n) is 4.79. The second kappa shape index (κ2) is 9.39. The molecule has 0 radical (unpaired) electrons. The van der Waals surface area contributed by atoms with Crippen molar-refractivity contribution in [2.75, 3.05) is 20.1 Å². The summed E-state index contributed by atoms with van der Waals surface area (Å²) in [5.74, 6) is 0.391. The summed E-state index contributed by atoms with van der Waals surface area (Å²) >= 11 is 0. The summed E-state index contributed by atoms with van der Waals surface area (Å²) in [5, 5.41) is 0. The quantitative estimate of drug-likeness (QED) is 0.672. The van der Waals surface area contributed by atoms with E-state index in [0.29, 0.717) is 25.6 Å². The van der Waals surface area contributed by atoms with Crippen molar-refractivity contribution in [3.8, 4) is 0 Å². The number of amides is 2. The summed E-state index contributed by atoms with van der Waals surface area (Å²) in [7, 11) is 2.13. The topological polar surface area (TPSA) is 26.8 Å². The third-order valence-corrected chi connectivity index (χ3v) is 6.56. The number of hydrogen-bond donors (Lipinski definition) is 0. The molecule has 2 aromatic rings. The van der Waals surface area contributed by atoms with Crippen molar-refractivity contribution in [1.82, 2.24) is 14.7 Å². The van der Waals surface area contributed by atoms with Crippen LogP contribution in [0.4, 0.5) is 9.18 Å². The van der Waals surface area contributed by atoms with Gasteiger partial charge in [0.05, 0.1) is 0 Å². The van der Waals surface area contributed by atoms with Crippen LogP contribution in [-0.2, 0) is 26.1 Å². The first kappa shape index (κ1) is 21.8. The second-order valence-electron chi connectivity index (χ2n) is 9.63. The van der Waals surface area contributed by atoms with Crippen molar-refractivity contribution in [3.05, 3.63) is 70.5 Å². The Kier molecular flexibility index (Phi) is 6.61. The highest BCUT2D eigenvalue weighted by Crippen LogP contribution is 2.27. The molecule has 0 saturated carbocycles. The number of nitrogens with zero attached hydrogens (tertiary/aromatic N) is 3. The van der Waals surface area contributed by atoms with Crippen LogP contribution in [0, 0.1) is 11.7 Å². The first-order valence-electron chi connectivity index (χ1n) is 11.5.